The molecule has 0 heterocycles. The Morgan fingerprint density at radius 1 is 1.00 bits per heavy atom. The molecule has 0 nitrogen and oxygen atoms in total. The Labute approximate surface area is 73.8 Å². The van der Waals surface area contributed by atoms with E-state index >= 15 is 0 Å². The number of hydrogen-bond acceptors (Lipinski definition) is 0. The van der Waals surface area contributed by atoms with Crippen LogP contribution in [0.1, 0.15) is 21.3 Å². The maximum atomic E-state index is 4.00. The normalized spacial score (nSPS) is 1.25. The molecule has 0 aromatic rings. The van der Waals surface area contributed by atoms with E-state index in [1.807, 2.05) is 13.8 Å². The van der Waals surface area contributed by atoms with Crippen LogP contribution < -0.4 is 0 Å². The molecule has 8 heavy (non-hydrogen) atoms. The molecule has 0 saturated carbocycles. The molecule has 0 N–H and O–H groups in total. The largest absolute Gasteiger partial charge is 0.358 e. The second-order valence-electron chi connectivity index (χ2n) is 0. The zero-order valence-corrected chi connectivity index (χ0v) is 8.07. The van der Waals surface area contributed by atoms with E-state index in [1.54, 1.807) is 0 Å². The zero-order chi connectivity index (χ0) is 4.00. The Bertz CT molecular complexity index is 11.2. The van der Waals surface area contributed by atoms with Crippen LogP contribution in [0.4, 0.5) is 0 Å². The molecule has 0 saturated heterocycles. The number of hydrogen-bond donors (Lipinski definition) is 0. The van der Waals surface area contributed by atoms with Crippen LogP contribution in [0.15, 0.2) is 0 Å². The predicted octanol–water partition coefficient (Wildman–Crippen LogP) is 0.968. The molecule has 0 aliphatic carbocycles. The van der Waals surface area contributed by atoms with Gasteiger partial charge in [-0.25, -0.2) is 0 Å². The van der Waals surface area contributed by atoms with E-state index in [2.05, 4.69) is 15.5 Å². The average Bonchev–Trinajstić information content (AvgIpc) is 1.50. The standard InChI is InChI=1S/C2H6.CH4.CH3.B2.B.W/c1-2;;;1-2;;/h1-2H3;1H4;1H3;;;/q;;-1;;;. The molecule has 0 rings (SSSR count). The molecule has 0 fully saturated rings. The molecule has 0 aromatic heterocycles. The van der Waals surface area contributed by atoms with Gasteiger partial charge >= 0.3 is 0 Å². The molecule has 7 radical (unpaired) electrons. The molecule has 0 bridgehead atoms. The first-order valence-corrected chi connectivity index (χ1v) is 1.33. The second kappa shape index (κ2) is 479. The van der Waals surface area contributed by atoms with Crippen molar-refractivity contribution >= 4 is 23.9 Å². The maximum Gasteiger partial charge on any atom is 0 e. The second-order valence-corrected chi connectivity index (χ2v) is 0. The molecular formula is C4H13B3W-. The van der Waals surface area contributed by atoms with Crippen molar-refractivity contribution in [2.75, 3.05) is 0 Å². The summed E-state index contributed by atoms with van der Waals surface area (Å²) >= 11 is 0. The summed E-state index contributed by atoms with van der Waals surface area (Å²) in [7, 11) is 8.00. The minimum Gasteiger partial charge on any atom is -0.358 e. The Morgan fingerprint density at radius 2 is 1.00 bits per heavy atom. The maximum absolute atomic E-state index is 4.00. The predicted molar refractivity (Wildman–Crippen MR) is 41.8 cm³/mol. The Morgan fingerprint density at radius 3 is 1.00 bits per heavy atom. The van der Waals surface area contributed by atoms with Crippen LogP contribution >= 0.6 is 0 Å². The van der Waals surface area contributed by atoms with Gasteiger partial charge in [0.25, 0.3) is 0 Å². The van der Waals surface area contributed by atoms with Gasteiger partial charge in [0.2, 0.25) is 0 Å². The zero-order valence-electron chi connectivity index (χ0n) is 5.14. The molecule has 0 unspecified atom stereocenters. The smallest absolute Gasteiger partial charge is 0 e. The van der Waals surface area contributed by atoms with Gasteiger partial charge in [0.05, 0.1) is 0 Å². The van der Waals surface area contributed by atoms with Gasteiger partial charge in [0.15, 0.2) is 0 Å². The molecule has 0 aliphatic heterocycles. The molecule has 45 valence electrons. The van der Waals surface area contributed by atoms with Crippen LogP contribution in [-0.2, 0) is 21.1 Å². The summed E-state index contributed by atoms with van der Waals surface area (Å²) in [6.45, 7) is 4.00. The van der Waals surface area contributed by atoms with E-state index in [4.69, 9.17) is 0 Å². The fourth-order valence-corrected chi connectivity index (χ4v) is 0. The minimum atomic E-state index is 0. The summed E-state index contributed by atoms with van der Waals surface area (Å²) < 4.78 is 0. The van der Waals surface area contributed by atoms with Gasteiger partial charge in [-0.3, -0.25) is 0 Å². The first kappa shape index (κ1) is 66.4. The van der Waals surface area contributed by atoms with Crippen molar-refractivity contribution < 1.29 is 21.1 Å². The van der Waals surface area contributed by atoms with Crippen LogP contribution in [0.5, 0.6) is 0 Å². The van der Waals surface area contributed by atoms with Crippen LogP contribution in [0.3, 0.4) is 0 Å². The van der Waals surface area contributed by atoms with Gasteiger partial charge in [0, 0.05) is 45.0 Å². The van der Waals surface area contributed by atoms with Gasteiger partial charge in [-0.2, -0.15) is 0 Å². The first-order chi connectivity index (χ1) is 2.00. The summed E-state index contributed by atoms with van der Waals surface area (Å²) in [6.07, 6.45) is 0. The van der Waals surface area contributed by atoms with Crippen molar-refractivity contribution in [2.24, 2.45) is 0 Å². The van der Waals surface area contributed by atoms with Crippen LogP contribution in [0.25, 0.3) is 0 Å². The summed E-state index contributed by atoms with van der Waals surface area (Å²) in [5.41, 5.74) is 0. The SMILES string of the molecule is C.CC.[B].[B][B].[CH3-].[W]. The van der Waals surface area contributed by atoms with Crippen LogP contribution in [-0.4, -0.2) is 23.9 Å². The van der Waals surface area contributed by atoms with E-state index in [-0.39, 0.29) is 44.3 Å². The van der Waals surface area contributed by atoms with Gasteiger partial charge in [0.1, 0.15) is 0 Å². The van der Waals surface area contributed by atoms with Crippen molar-refractivity contribution in [1.82, 2.24) is 0 Å². The molecule has 0 spiro atoms. The van der Waals surface area contributed by atoms with E-state index in [1.165, 1.54) is 0 Å². The summed E-state index contributed by atoms with van der Waals surface area (Å²) in [5, 5.41) is 0. The Balaban J connectivity index is -0.00000000167. The Hall–Kier alpha value is 0.883. The van der Waals surface area contributed by atoms with Crippen molar-refractivity contribution in [1.29, 1.82) is 0 Å². The van der Waals surface area contributed by atoms with Crippen LogP contribution in [0.2, 0.25) is 0 Å². The van der Waals surface area contributed by atoms with E-state index in [9.17, 15) is 0 Å². The molecule has 0 amide bonds. The third-order valence-corrected chi connectivity index (χ3v) is 0. The van der Waals surface area contributed by atoms with Crippen molar-refractivity contribution in [3.63, 3.8) is 0 Å². The Kier molecular flexibility index (Phi) is 3980. The van der Waals surface area contributed by atoms with Gasteiger partial charge in [-0.1, -0.05) is 21.3 Å². The van der Waals surface area contributed by atoms with E-state index in [0.29, 0.717) is 0 Å². The number of rotatable bonds is 0. The van der Waals surface area contributed by atoms with E-state index < -0.39 is 0 Å². The molecular weight excluding hydrogens is 264 g/mol. The van der Waals surface area contributed by atoms with Gasteiger partial charge in [-0.05, 0) is 0 Å². The third-order valence-electron chi connectivity index (χ3n) is 0. The topological polar surface area (TPSA) is 0 Å². The molecule has 0 atom stereocenters. The van der Waals surface area contributed by atoms with E-state index in [0.717, 1.165) is 0 Å². The molecule has 0 aliphatic rings. The summed E-state index contributed by atoms with van der Waals surface area (Å²) in [4.78, 5) is 0. The monoisotopic (exact) mass is 278 g/mol. The van der Waals surface area contributed by atoms with Gasteiger partial charge < -0.3 is 7.43 Å². The quantitative estimate of drug-likeness (QED) is 0.457. The van der Waals surface area contributed by atoms with Gasteiger partial charge in [-0.15, -0.1) is 0 Å². The molecule has 0 aromatic carbocycles. The summed E-state index contributed by atoms with van der Waals surface area (Å²) in [5.74, 6) is 0. The third kappa shape index (κ3) is 305. The van der Waals surface area contributed by atoms with Crippen LogP contribution in [0, 0.1) is 7.43 Å². The summed E-state index contributed by atoms with van der Waals surface area (Å²) in [6, 6.07) is 0. The average molecular weight is 277 g/mol. The molecule has 4 heteroatoms. The fraction of sp³-hybridized carbons (Fsp3) is 0.750. The van der Waals surface area contributed by atoms with Crippen molar-refractivity contribution in [3.05, 3.63) is 7.43 Å². The van der Waals surface area contributed by atoms with Crippen molar-refractivity contribution in [2.45, 2.75) is 21.3 Å². The minimum absolute atomic E-state index is 0. The van der Waals surface area contributed by atoms with Crippen molar-refractivity contribution in [3.8, 4) is 0 Å². The fourth-order valence-electron chi connectivity index (χ4n) is 0. The first-order valence-electron chi connectivity index (χ1n) is 1.33.